The van der Waals surface area contributed by atoms with Gasteiger partial charge in [-0.2, -0.15) is 0 Å². The van der Waals surface area contributed by atoms with E-state index in [1.807, 2.05) is 0 Å². The van der Waals surface area contributed by atoms with Crippen LogP contribution in [0.5, 0.6) is 0 Å². The number of guanidine groups is 1. The summed E-state index contributed by atoms with van der Waals surface area (Å²) in [5.41, 5.74) is 9.32. The summed E-state index contributed by atoms with van der Waals surface area (Å²) in [6, 6.07) is -0.536. The zero-order valence-electron chi connectivity index (χ0n) is 17.2. The van der Waals surface area contributed by atoms with Crippen LogP contribution < -0.4 is 27.4 Å². The predicted octanol–water partition coefficient (Wildman–Crippen LogP) is -1.03. The van der Waals surface area contributed by atoms with Crippen LogP contribution in [0.3, 0.4) is 0 Å². The third kappa shape index (κ3) is 8.73. The topological polar surface area (TPSA) is 183 Å². The molecule has 2 saturated heterocycles. The Morgan fingerprint density at radius 3 is 2.47 bits per heavy atom. The molecule has 0 bridgehead atoms. The number of nitrogens with two attached hydrogens (primary N) is 2. The number of ketones is 1. The number of hydrogen-bond donors (Lipinski definition) is 5. The van der Waals surface area contributed by atoms with Crippen molar-refractivity contribution in [3.63, 3.8) is 0 Å². The smallest absolute Gasteiger partial charge is 0.248 e. The summed E-state index contributed by atoms with van der Waals surface area (Å²) in [6.07, 6.45) is 6.39. The number of rotatable bonds is 10. The maximum atomic E-state index is 13.0. The van der Waals surface area contributed by atoms with Crippen LogP contribution in [-0.2, 0) is 14.4 Å². The first-order valence-corrected chi connectivity index (χ1v) is 9.81. The highest BCUT2D eigenvalue weighted by molar-refractivity contribution is 6.11. The highest BCUT2D eigenvalue weighted by atomic mass is 35.5. The number of Topliss-reactive ketones (excluding diaryl/α,β-unsaturated/α-hetero) is 1. The number of piperidine rings is 1. The second-order valence-electron chi connectivity index (χ2n) is 7.37. The van der Waals surface area contributed by atoms with E-state index in [1.165, 1.54) is 0 Å². The fourth-order valence-corrected chi connectivity index (χ4v) is 3.78. The van der Waals surface area contributed by atoms with Crippen molar-refractivity contribution >= 4 is 48.8 Å². The molecule has 0 aliphatic carbocycles. The SMILES string of the molecule is Cl.Cl.NC(N)=NCCC[C@@H](C=O)NC(=O)[C@]1(C(=O)CC2CCCCN2)CCCN1.O. The molecule has 0 radical (unpaired) electrons. The third-order valence-electron chi connectivity index (χ3n) is 5.31. The molecule has 2 aliphatic rings. The van der Waals surface area contributed by atoms with Gasteiger partial charge in [0.05, 0.1) is 6.04 Å². The van der Waals surface area contributed by atoms with Crippen molar-refractivity contribution in [2.75, 3.05) is 19.6 Å². The lowest BCUT2D eigenvalue weighted by atomic mass is 9.85. The van der Waals surface area contributed by atoms with E-state index in [0.29, 0.717) is 45.1 Å². The molecular formula is C18H36Cl2N6O4. The zero-order valence-corrected chi connectivity index (χ0v) is 18.8. The molecule has 0 saturated carbocycles. The number of hydrogen-bond acceptors (Lipinski definition) is 6. The molecule has 10 nitrogen and oxygen atoms in total. The van der Waals surface area contributed by atoms with E-state index in [2.05, 4.69) is 20.9 Å². The number of halogens is 2. The van der Waals surface area contributed by atoms with Crippen LogP contribution in [-0.4, -0.2) is 66.7 Å². The minimum absolute atomic E-state index is 0. The maximum Gasteiger partial charge on any atom is 0.248 e. The largest absolute Gasteiger partial charge is 0.412 e. The lowest BCUT2D eigenvalue weighted by Crippen LogP contribution is -2.61. The minimum atomic E-state index is -1.22. The van der Waals surface area contributed by atoms with Gasteiger partial charge in [-0.05, 0) is 51.6 Å². The molecule has 12 heteroatoms. The quantitative estimate of drug-likeness (QED) is 0.0886. The van der Waals surface area contributed by atoms with Crippen LogP contribution in [0.25, 0.3) is 0 Å². The lowest BCUT2D eigenvalue weighted by molar-refractivity contribution is -0.138. The van der Waals surface area contributed by atoms with Gasteiger partial charge in [0, 0.05) is 19.0 Å². The number of aldehydes is 1. The monoisotopic (exact) mass is 470 g/mol. The fourth-order valence-electron chi connectivity index (χ4n) is 3.78. The Hall–Kier alpha value is -1.46. The fraction of sp³-hybridized carbons (Fsp3) is 0.778. The van der Waals surface area contributed by atoms with Gasteiger partial charge in [-0.1, -0.05) is 6.42 Å². The van der Waals surface area contributed by atoms with Crippen molar-refractivity contribution in [3.8, 4) is 0 Å². The number of amides is 1. The number of carbonyl (C=O) groups excluding carboxylic acids is 3. The molecule has 9 N–H and O–H groups in total. The molecule has 0 aromatic carbocycles. The summed E-state index contributed by atoms with van der Waals surface area (Å²) in [7, 11) is 0. The summed E-state index contributed by atoms with van der Waals surface area (Å²) in [5, 5.41) is 9.20. The predicted molar refractivity (Wildman–Crippen MR) is 121 cm³/mol. The lowest BCUT2D eigenvalue weighted by Gasteiger charge is -2.31. The van der Waals surface area contributed by atoms with E-state index >= 15 is 0 Å². The highest BCUT2D eigenvalue weighted by Gasteiger charge is 2.48. The van der Waals surface area contributed by atoms with Crippen molar-refractivity contribution in [1.82, 2.24) is 16.0 Å². The Bertz CT molecular complexity index is 563. The van der Waals surface area contributed by atoms with Gasteiger partial charge in [-0.25, -0.2) is 0 Å². The first-order chi connectivity index (χ1) is 13.0. The average molecular weight is 471 g/mol. The van der Waals surface area contributed by atoms with Gasteiger partial charge in [0.15, 0.2) is 17.3 Å². The van der Waals surface area contributed by atoms with Crippen LogP contribution >= 0.6 is 24.8 Å². The number of carbonyl (C=O) groups is 3. The second kappa shape index (κ2) is 15.4. The molecule has 0 aromatic rings. The highest BCUT2D eigenvalue weighted by Crippen LogP contribution is 2.25. The van der Waals surface area contributed by atoms with Gasteiger partial charge in [0.1, 0.15) is 6.29 Å². The normalized spacial score (nSPS) is 23.5. The summed E-state index contributed by atoms with van der Waals surface area (Å²) in [4.78, 5) is 41.1. The Balaban J connectivity index is 0. The standard InChI is InChI=1S/C18H32N6O3.2ClH.H2O/c19-17(20)22-9-3-6-14(12-25)24-16(27)18(7-4-10-23-18)15(26)11-13-5-1-2-8-21-13;;;/h12-14,21,23H,1-11H2,(H,24,27)(H4,19,20,22);2*1H;1H2/t13?,14-,18+;;;/m0.../s1. The molecule has 2 fully saturated rings. The van der Waals surface area contributed by atoms with E-state index in [1.54, 1.807) is 0 Å². The Morgan fingerprint density at radius 1 is 1.20 bits per heavy atom. The number of nitrogens with one attached hydrogen (secondary N) is 3. The number of aliphatic imine (C=N–C) groups is 1. The van der Waals surface area contributed by atoms with Gasteiger partial charge in [-0.3, -0.25) is 19.9 Å². The molecule has 3 atom stereocenters. The van der Waals surface area contributed by atoms with E-state index in [9.17, 15) is 14.4 Å². The summed E-state index contributed by atoms with van der Waals surface area (Å²) in [5.74, 6) is -0.500. The molecule has 2 heterocycles. The van der Waals surface area contributed by atoms with Gasteiger partial charge in [0.25, 0.3) is 0 Å². The number of nitrogens with zero attached hydrogens (tertiary/aromatic N) is 1. The molecule has 2 rings (SSSR count). The van der Waals surface area contributed by atoms with Crippen molar-refractivity contribution in [2.24, 2.45) is 16.5 Å². The van der Waals surface area contributed by atoms with E-state index in [0.717, 1.165) is 32.2 Å². The molecule has 1 unspecified atom stereocenters. The first-order valence-electron chi connectivity index (χ1n) is 9.81. The van der Waals surface area contributed by atoms with Crippen molar-refractivity contribution in [3.05, 3.63) is 0 Å². The summed E-state index contributed by atoms with van der Waals surface area (Å²) < 4.78 is 0. The van der Waals surface area contributed by atoms with Crippen LogP contribution in [0.1, 0.15) is 51.4 Å². The van der Waals surface area contributed by atoms with E-state index < -0.39 is 17.5 Å². The van der Waals surface area contributed by atoms with Crippen molar-refractivity contribution in [2.45, 2.75) is 69.0 Å². The maximum absolute atomic E-state index is 13.0. The van der Waals surface area contributed by atoms with E-state index in [-0.39, 0.29) is 48.1 Å². The van der Waals surface area contributed by atoms with Crippen LogP contribution in [0.4, 0.5) is 0 Å². The van der Waals surface area contributed by atoms with Gasteiger partial charge >= 0.3 is 0 Å². The summed E-state index contributed by atoms with van der Waals surface area (Å²) >= 11 is 0. The van der Waals surface area contributed by atoms with Crippen LogP contribution in [0.2, 0.25) is 0 Å². The van der Waals surface area contributed by atoms with Crippen molar-refractivity contribution < 1.29 is 19.9 Å². The van der Waals surface area contributed by atoms with Gasteiger partial charge in [-0.15, -0.1) is 24.8 Å². The van der Waals surface area contributed by atoms with Gasteiger partial charge < -0.3 is 32.4 Å². The summed E-state index contributed by atoms with van der Waals surface area (Å²) in [6.45, 7) is 1.92. The van der Waals surface area contributed by atoms with Gasteiger partial charge in [0.2, 0.25) is 5.91 Å². The van der Waals surface area contributed by atoms with Crippen LogP contribution in [0, 0.1) is 0 Å². The zero-order chi connectivity index (χ0) is 19.7. The Kier molecular flexibility index (Phi) is 15.7. The average Bonchev–Trinajstić information content (AvgIpc) is 3.16. The van der Waals surface area contributed by atoms with Crippen LogP contribution in [0.15, 0.2) is 4.99 Å². The van der Waals surface area contributed by atoms with E-state index in [4.69, 9.17) is 11.5 Å². The molecule has 1 amide bonds. The Labute approximate surface area is 189 Å². The third-order valence-corrected chi connectivity index (χ3v) is 5.31. The first kappa shape index (κ1) is 30.7. The molecule has 2 aliphatic heterocycles. The van der Waals surface area contributed by atoms with Crippen molar-refractivity contribution in [1.29, 1.82) is 0 Å². The second-order valence-corrected chi connectivity index (χ2v) is 7.37. The molecule has 176 valence electrons. The molecule has 30 heavy (non-hydrogen) atoms. The molecule has 0 aromatic heterocycles. The molecular weight excluding hydrogens is 435 g/mol. The minimum Gasteiger partial charge on any atom is -0.412 e. The Morgan fingerprint density at radius 2 is 1.93 bits per heavy atom. The molecule has 0 spiro atoms.